The summed E-state index contributed by atoms with van der Waals surface area (Å²) < 4.78 is 3.63. The molecule has 0 aliphatic carbocycles. The zero-order chi connectivity index (χ0) is 39.8. The SMILES string of the molecule is NCC(=O)N(CCCN(CCN1C(=O)c2cccc3c(-n4ccnc4)ccc(c23)C1=O)C(=O)CN)CCN1C(=O)c2cccc3c(-n4ccnc4)ccc(c23)C1=O. The first-order valence-electron chi connectivity index (χ1n) is 18.5. The predicted octanol–water partition coefficient (Wildman–Crippen LogP) is 2.22. The minimum absolute atomic E-state index is 0.0150. The molecule has 288 valence electrons. The number of nitrogens with two attached hydrogens (primary N) is 2. The van der Waals surface area contributed by atoms with Crippen molar-refractivity contribution in [2.75, 3.05) is 52.4 Å². The van der Waals surface area contributed by atoms with Crippen molar-refractivity contribution >= 4 is 57.0 Å². The van der Waals surface area contributed by atoms with Crippen molar-refractivity contribution in [2.24, 2.45) is 11.5 Å². The molecule has 4 N–H and O–H groups in total. The van der Waals surface area contributed by atoms with E-state index in [1.807, 2.05) is 33.4 Å². The van der Waals surface area contributed by atoms with E-state index in [0.29, 0.717) is 39.4 Å². The molecule has 0 saturated heterocycles. The van der Waals surface area contributed by atoms with E-state index in [-0.39, 0.29) is 52.4 Å². The first-order valence-corrected chi connectivity index (χ1v) is 18.5. The molecule has 57 heavy (non-hydrogen) atoms. The van der Waals surface area contributed by atoms with Crippen molar-refractivity contribution in [3.63, 3.8) is 0 Å². The van der Waals surface area contributed by atoms with Crippen molar-refractivity contribution in [3.05, 3.63) is 120 Å². The van der Waals surface area contributed by atoms with Gasteiger partial charge < -0.3 is 30.4 Å². The average molecular weight is 767 g/mol. The highest BCUT2D eigenvalue weighted by atomic mass is 16.2. The maximum absolute atomic E-state index is 13.8. The van der Waals surface area contributed by atoms with Crippen molar-refractivity contribution in [1.82, 2.24) is 38.7 Å². The molecule has 0 fully saturated rings. The summed E-state index contributed by atoms with van der Waals surface area (Å²) in [4.78, 5) is 94.4. The molecule has 16 nitrogen and oxygen atoms in total. The minimum atomic E-state index is -0.472. The highest BCUT2D eigenvalue weighted by Gasteiger charge is 2.35. The number of hydrogen-bond acceptors (Lipinski definition) is 10. The normalized spacial score (nSPS) is 13.6. The molecule has 0 bridgehead atoms. The van der Waals surface area contributed by atoms with Crippen LogP contribution in [-0.2, 0) is 9.59 Å². The first kappa shape index (κ1) is 36.9. The number of imidazole rings is 2. The number of amides is 6. The molecule has 2 aliphatic rings. The van der Waals surface area contributed by atoms with Gasteiger partial charge in [0.2, 0.25) is 11.8 Å². The second-order valence-electron chi connectivity index (χ2n) is 13.7. The van der Waals surface area contributed by atoms with Crippen LogP contribution in [0.1, 0.15) is 47.9 Å². The van der Waals surface area contributed by atoms with E-state index in [2.05, 4.69) is 9.97 Å². The molecular formula is C41H38N10O6. The number of hydrogen-bond donors (Lipinski definition) is 2. The average Bonchev–Trinajstić information content (AvgIpc) is 3.98. The van der Waals surface area contributed by atoms with Crippen LogP contribution in [0.2, 0.25) is 0 Å². The smallest absolute Gasteiger partial charge is 0.261 e. The fraction of sp³-hybridized carbons (Fsp3) is 0.220. The minimum Gasteiger partial charge on any atom is -0.340 e. The van der Waals surface area contributed by atoms with E-state index in [1.54, 1.807) is 73.8 Å². The van der Waals surface area contributed by atoms with Gasteiger partial charge in [0, 0.05) is 108 Å². The first-order chi connectivity index (χ1) is 27.7. The lowest BCUT2D eigenvalue weighted by molar-refractivity contribution is -0.130. The molecule has 0 saturated carbocycles. The Morgan fingerprint density at radius 1 is 0.544 bits per heavy atom. The van der Waals surface area contributed by atoms with E-state index in [1.165, 1.54) is 9.80 Å². The van der Waals surface area contributed by atoms with E-state index < -0.39 is 35.4 Å². The Morgan fingerprint density at radius 2 is 0.947 bits per heavy atom. The number of carbonyl (C=O) groups is 6. The van der Waals surface area contributed by atoms with Crippen LogP contribution in [0, 0.1) is 0 Å². The van der Waals surface area contributed by atoms with Gasteiger partial charge in [-0.1, -0.05) is 24.3 Å². The summed E-state index contributed by atoms with van der Waals surface area (Å²) in [6.45, 7) is -0.430. The van der Waals surface area contributed by atoms with E-state index in [4.69, 9.17) is 11.5 Å². The molecule has 0 radical (unpaired) electrons. The van der Waals surface area contributed by atoms with Crippen LogP contribution in [0.15, 0.2) is 98.1 Å². The summed E-state index contributed by atoms with van der Waals surface area (Å²) in [5.41, 5.74) is 14.6. The third-order valence-corrected chi connectivity index (χ3v) is 10.6. The van der Waals surface area contributed by atoms with Gasteiger partial charge in [0.05, 0.1) is 37.1 Å². The van der Waals surface area contributed by atoms with Crippen LogP contribution in [-0.4, -0.2) is 127 Å². The van der Waals surface area contributed by atoms with Gasteiger partial charge >= 0.3 is 0 Å². The number of rotatable bonds is 14. The van der Waals surface area contributed by atoms with Gasteiger partial charge in [-0.3, -0.25) is 38.6 Å². The Balaban J connectivity index is 0.930. The molecule has 16 heteroatoms. The van der Waals surface area contributed by atoms with Gasteiger partial charge in [-0.15, -0.1) is 0 Å². The zero-order valence-corrected chi connectivity index (χ0v) is 30.8. The standard InChI is InChI=1S/C41H38N10O6/c42-22-34(52)46(18-20-50-38(54)28-6-1-4-26-32(48-16-12-44-24-48)10-8-30(36(26)28)40(50)56)14-3-15-47(35(53)23-43)19-21-51-39(55)29-7-2-5-27-33(49-17-13-45-25-49)11-9-31(37(27)29)41(51)57/h1-2,4-13,16-17,24-25H,3,14-15,18-23,42-43H2. The van der Waals surface area contributed by atoms with Crippen molar-refractivity contribution in [3.8, 4) is 11.4 Å². The zero-order valence-electron chi connectivity index (χ0n) is 30.8. The van der Waals surface area contributed by atoms with Gasteiger partial charge in [0.1, 0.15) is 0 Å². The molecule has 6 amide bonds. The topological polar surface area (TPSA) is 203 Å². The molecule has 4 aromatic carbocycles. The summed E-state index contributed by atoms with van der Waals surface area (Å²) in [5, 5.41) is 2.58. The Morgan fingerprint density at radius 3 is 1.32 bits per heavy atom. The summed E-state index contributed by atoms with van der Waals surface area (Å²) >= 11 is 0. The van der Waals surface area contributed by atoms with E-state index >= 15 is 0 Å². The number of aromatic nitrogens is 4. The van der Waals surface area contributed by atoms with Crippen LogP contribution in [0.4, 0.5) is 0 Å². The van der Waals surface area contributed by atoms with E-state index in [9.17, 15) is 28.8 Å². The second kappa shape index (κ2) is 15.2. The molecule has 4 heterocycles. The Bertz CT molecular complexity index is 2360. The summed E-state index contributed by atoms with van der Waals surface area (Å²) in [6.07, 6.45) is 10.4. The molecule has 0 unspecified atom stereocenters. The molecule has 2 aromatic heterocycles. The summed E-state index contributed by atoms with van der Waals surface area (Å²) in [7, 11) is 0. The molecular weight excluding hydrogens is 729 g/mol. The number of nitrogens with zero attached hydrogens (tertiary/aromatic N) is 8. The third kappa shape index (κ3) is 6.49. The van der Waals surface area contributed by atoms with Crippen LogP contribution in [0.3, 0.4) is 0 Å². The van der Waals surface area contributed by atoms with Crippen molar-refractivity contribution in [1.29, 1.82) is 0 Å². The van der Waals surface area contributed by atoms with Crippen LogP contribution in [0.5, 0.6) is 0 Å². The third-order valence-electron chi connectivity index (χ3n) is 10.6. The molecule has 0 atom stereocenters. The van der Waals surface area contributed by atoms with Crippen molar-refractivity contribution < 1.29 is 28.8 Å². The van der Waals surface area contributed by atoms with Gasteiger partial charge in [0.15, 0.2) is 0 Å². The highest BCUT2D eigenvalue weighted by molar-refractivity contribution is 6.27. The van der Waals surface area contributed by atoms with Gasteiger partial charge in [-0.25, -0.2) is 9.97 Å². The lowest BCUT2D eigenvalue weighted by Gasteiger charge is -2.32. The number of imide groups is 2. The number of benzene rings is 4. The quantitative estimate of drug-likeness (QED) is 0.155. The predicted molar refractivity (Wildman–Crippen MR) is 209 cm³/mol. The van der Waals surface area contributed by atoms with Gasteiger partial charge in [0.25, 0.3) is 23.6 Å². The fourth-order valence-corrected chi connectivity index (χ4v) is 7.80. The largest absolute Gasteiger partial charge is 0.340 e. The van der Waals surface area contributed by atoms with Crippen LogP contribution < -0.4 is 11.5 Å². The lowest BCUT2D eigenvalue weighted by atomic mass is 9.93. The van der Waals surface area contributed by atoms with Crippen LogP contribution >= 0.6 is 0 Å². The molecule has 8 rings (SSSR count). The highest BCUT2D eigenvalue weighted by Crippen LogP contribution is 2.35. The summed E-state index contributed by atoms with van der Waals surface area (Å²) in [5.74, 6) is -2.69. The monoisotopic (exact) mass is 766 g/mol. The van der Waals surface area contributed by atoms with Crippen LogP contribution in [0.25, 0.3) is 32.9 Å². The molecule has 0 spiro atoms. The lowest BCUT2D eigenvalue weighted by Crippen LogP contribution is -2.48. The summed E-state index contributed by atoms with van der Waals surface area (Å²) in [6, 6.07) is 17.6. The van der Waals surface area contributed by atoms with E-state index in [0.717, 1.165) is 31.9 Å². The van der Waals surface area contributed by atoms with Crippen molar-refractivity contribution in [2.45, 2.75) is 6.42 Å². The van der Waals surface area contributed by atoms with Gasteiger partial charge in [-0.2, -0.15) is 0 Å². The van der Waals surface area contributed by atoms with Gasteiger partial charge in [-0.05, 0) is 42.8 Å². The maximum atomic E-state index is 13.8. The Hall–Kier alpha value is -7.04. The Kier molecular flexibility index (Phi) is 9.87. The maximum Gasteiger partial charge on any atom is 0.261 e. The molecule has 6 aromatic rings. The second-order valence-corrected chi connectivity index (χ2v) is 13.7. The Labute approximate surface area is 325 Å². The fourth-order valence-electron chi connectivity index (χ4n) is 7.80. The molecule has 2 aliphatic heterocycles. The number of carbonyl (C=O) groups excluding carboxylic acids is 6.